The van der Waals surface area contributed by atoms with Crippen LogP contribution in [-0.4, -0.2) is 58.3 Å². The van der Waals surface area contributed by atoms with Gasteiger partial charge >= 0.3 is 6.09 Å². The van der Waals surface area contributed by atoms with Gasteiger partial charge in [-0.1, -0.05) is 55.7 Å². The molecule has 1 aliphatic carbocycles. The maximum absolute atomic E-state index is 13.9. The Kier molecular flexibility index (Phi) is 7.91. The van der Waals surface area contributed by atoms with Crippen molar-refractivity contribution >= 4 is 27.8 Å². The summed E-state index contributed by atoms with van der Waals surface area (Å²) in [4.78, 5) is 26.9. The van der Waals surface area contributed by atoms with Crippen LogP contribution in [0.4, 0.5) is 4.79 Å². The van der Waals surface area contributed by atoms with Crippen molar-refractivity contribution in [3.63, 3.8) is 0 Å². The summed E-state index contributed by atoms with van der Waals surface area (Å²) in [7, 11) is 0. The predicted molar refractivity (Wildman–Crippen MR) is 132 cm³/mol. The number of ether oxygens (including phenoxy) is 1. The van der Waals surface area contributed by atoms with Crippen molar-refractivity contribution in [2.75, 3.05) is 19.6 Å². The maximum atomic E-state index is 13.9. The van der Waals surface area contributed by atoms with E-state index in [4.69, 9.17) is 4.74 Å². The molecule has 3 N–H and O–H groups in total. The van der Waals surface area contributed by atoms with Gasteiger partial charge in [0.25, 0.3) is 0 Å². The topological polar surface area (TPSA) is 99.1 Å². The van der Waals surface area contributed by atoms with Crippen molar-refractivity contribution in [1.29, 1.82) is 0 Å². The van der Waals surface area contributed by atoms with E-state index in [2.05, 4.69) is 21.2 Å². The molecule has 2 aliphatic rings. The van der Waals surface area contributed by atoms with Gasteiger partial charge in [-0.25, -0.2) is 4.79 Å². The van der Waals surface area contributed by atoms with Gasteiger partial charge in [-0.05, 0) is 52.0 Å². The minimum Gasteiger partial charge on any atom is -0.488 e. The summed E-state index contributed by atoms with van der Waals surface area (Å²) in [5.41, 5.74) is 0.508. The number of hydrogen-bond donors (Lipinski definition) is 3. The van der Waals surface area contributed by atoms with E-state index in [1.54, 1.807) is 0 Å². The largest absolute Gasteiger partial charge is 0.488 e. The molecule has 0 aromatic heterocycles. The number of carbonyl (C=O) groups excluding carboxylic acids is 1. The van der Waals surface area contributed by atoms with Gasteiger partial charge in [0.1, 0.15) is 18.4 Å². The van der Waals surface area contributed by atoms with Crippen molar-refractivity contribution in [3.8, 4) is 5.75 Å². The summed E-state index contributed by atoms with van der Waals surface area (Å²) < 4.78 is 6.65. The Balaban J connectivity index is 1.63. The Morgan fingerprint density at radius 2 is 1.88 bits per heavy atom. The molecule has 2 atom stereocenters. The number of Topliss-reactive ketones (excluding diaryl/α,β-unsaturated/α-hetero) is 1. The molecule has 8 heteroatoms. The van der Waals surface area contributed by atoms with Crippen LogP contribution >= 0.6 is 15.9 Å². The average molecular weight is 531 g/mol. The van der Waals surface area contributed by atoms with Crippen LogP contribution in [0.2, 0.25) is 0 Å². The third-order valence-corrected chi connectivity index (χ3v) is 7.50. The Hall–Kier alpha value is -2.42. The van der Waals surface area contributed by atoms with Crippen LogP contribution in [0.1, 0.15) is 49.1 Å². The molecule has 1 amide bonds. The molecule has 7 nitrogen and oxygen atoms in total. The van der Waals surface area contributed by atoms with Gasteiger partial charge in [0.05, 0.1) is 16.0 Å². The third-order valence-electron chi connectivity index (χ3n) is 6.89. The minimum absolute atomic E-state index is 0.243. The van der Waals surface area contributed by atoms with E-state index in [9.17, 15) is 19.8 Å². The second-order valence-corrected chi connectivity index (χ2v) is 10.0. The highest BCUT2D eigenvalue weighted by Gasteiger charge is 2.47. The number of carboxylic acid groups (broad SMARTS) is 1. The number of ketones is 1. The van der Waals surface area contributed by atoms with E-state index < -0.39 is 23.7 Å². The van der Waals surface area contributed by atoms with Gasteiger partial charge in [-0.3, -0.25) is 9.69 Å². The predicted octanol–water partition coefficient (Wildman–Crippen LogP) is 4.33. The number of amides is 1. The Bertz CT molecular complexity index is 1010. The summed E-state index contributed by atoms with van der Waals surface area (Å²) >= 11 is 3.58. The Morgan fingerprint density at radius 3 is 2.56 bits per heavy atom. The second-order valence-electron chi connectivity index (χ2n) is 9.16. The number of benzene rings is 2. The second kappa shape index (κ2) is 10.9. The molecule has 1 saturated heterocycles. The van der Waals surface area contributed by atoms with Crippen molar-refractivity contribution in [2.45, 2.75) is 56.3 Å². The van der Waals surface area contributed by atoms with Gasteiger partial charge in [0.2, 0.25) is 0 Å². The molecule has 2 fully saturated rings. The van der Waals surface area contributed by atoms with Crippen molar-refractivity contribution < 1.29 is 24.5 Å². The number of rotatable bonds is 7. The van der Waals surface area contributed by atoms with E-state index in [0.717, 1.165) is 24.8 Å². The first-order valence-electron chi connectivity index (χ1n) is 11.8. The molecule has 1 saturated carbocycles. The summed E-state index contributed by atoms with van der Waals surface area (Å²) in [6, 6.07) is 14.5. The highest BCUT2D eigenvalue weighted by molar-refractivity contribution is 9.10. The number of hydrogen-bond acceptors (Lipinski definition) is 5. The summed E-state index contributed by atoms with van der Waals surface area (Å²) in [5.74, 6) is -0.441. The molecule has 1 aliphatic heterocycles. The zero-order valence-electron chi connectivity index (χ0n) is 19.1. The van der Waals surface area contributed by atoms with Crippen molar-refractivity contribution in [1.82, 2.24) is 10.2 Å². The van der Waals surface area contributed by atoms with Gasteiger partial charge in [-0.15, -0.1) is 0 Å². The molecule has 2 aromatic carbocycles. The Labute approximate surface area is 208 Å². The third kappa shape index (κ3) is 5.45. The van der Waals surface area contributed by atoms with Crippen LogP contribution in [-0.2, 0) is 11.4 Å². The molecule has 2 unspecified atom stereocenters. The molecule has 0 radical (unpaired) electrons. The van der Waals surface area contributed by atoms with Crippen LogP contribution < -0.4 is 10.1 Å². The molecular formula is C26H31BrN2O5. The summed E-state index contributed by atoms with van der Waals surface area (Å²) in [6.07, 6.45) is 2.61. The standard InChI is InChI=1S/C26H31BrN2O5/c27-20-15-19(9-10-22(20)34-17-18-7-3-1-4-8-18)23(26(33)11-5-2-6-12-26)24(30)21-16-28-13-14-29(21)25(31)32/h1,3-4,7-10,15,21,23,28,33H,2,5-6,11-14,16-17H2,(H,31,32). The summed E-state index contributed by atoms with van der Waals surface area (Å²) in [6.45, 7) is 1.40. The molecule has 0 spiro atoms. The number of halogens is 1. The maximum Gasteiger partial charge on any atom is 0.408 e. The van der Waals surface area contributed by atoms with Crippen LogP contribution in [0.15, 0.2) is 53.0 Å². The molecule has 2 aromatic rings. The van der Waals surface area contributed by atoms with E-state index in [0.29, 0.717) is 41.8 Å². The van der Waals surface area contributed by atoms with Crippen LogP contribution in [0, 0.1) is 0 Å². The van der Waals surface area contributed by atoms with Crippen molar-refractivity contribution in [3.05, 3.63) is 64.1 Å². The van der Waals surface area contributed by atoms with Gasteiger partial charge in [0.15, 0.2) is 5.78 Å². The highest BCUT2D eigenvalue weighted by atomic mass is 79.9. The quantitative estimate of drug-likeness (QED) is 0.492. The zero-order chi connectivity index (χ0) is 24.1. The van der Waals surface area contributed by atoms with Gasteiger partial charge in [-0.2, -0.15) is 0 Å². The zero-order valence-corrected chi connectivity index (χ0v) is 20.7. The fraction of sp³-hybridized carbons (Fsp3) is 0.462. The van der Waals surface area contributed by atoms with Gasteiger partial charge < -0.3 is 20.3 Å². The highest BCUT2D eigenvalue weighted by Crippen LogP contribution is 2.43. The number of piperazine rings is 1. The molecule has 182 valence electrons. The van der Waals surface area contributed by atoms with Crippen LogP contribution in [0.5, 0.6) is 5.75 Å². The lowest BCUT2D eigenvalue weighted by molar-refractivity contribution is -0.134. The lowest BCUT2D eigenvalue weighted by atomic mass is 9.69. The van der Waals surface area contributed by atoms with Crippen LogP contribution in [0.25, 0.3) is 0 Å². The minimum atomic E-state index is -1.21. The fourth-order valence-electron chi connectivity index (χ4n) is 5.12. The molecule has 1 heterocycles. The van der Waals surface area contributed by atoms with Gasteiger partial charge in [0, 0.05) is 19.6 Å². The fourth-order valence-corrected chi connectivity index (χ4v) is 5.63. The monoisotopic (exact) mass is 530 g/mol. The smallest absolute Gasteiger partial charge is 0.408 e. The molecular weight excluding hydrogens is 500 g/mol. The normalized spacial score (nSPS) is 21.0. The average Bonchev–Trinajstić information content (AvgIpc) is 2.84. The first-order valence-corrected chi connectivity index (χ1v) is 12.6. The Morgan fingerprint density at radius 1 is 1.15 bits per heavy atom. The first-order chi connectivity index (χ1) is 16.4. The SMILES string of the molecule is O=C(C1CNCCN1C(=O)O)C(c1ccc(OCc2ccccc2)c(Br)c1)C1(O)CCCCC1. The molecule has 0 bridgehead atoms. The van der Waals surface area contributed by atoms with E-state index in [-0.39, 0.29) is 18.9 Å². The molecule has 34 heavy (non-hydrogen) atoms. The summed E-state index contributed by atoms with van der Waals surface area (Å²) in [5, 5.41) is 24.5. The van der Waals surface area contributed by atoms with Crippen LogP contribution in [0.3, 0.4) is 0 Å². The number of nitrogens with zero attached hydrogens (tertiary/aromatic N) is 1. The number of nitrogens with one attached hydrogen (secondary N) is 1. The van der Waals surface area contributed by atoms with E-state index in [1.165, 1.54) is 4.90 Å². The lowest BCUT2D eigenvalue weighted by Crippen LogP contribution is -2.59. The van der Waals surface area contributed by atoms with E-state index >= 15 is 0 Å². The van der Waals surface area contributed by atoms with Crippen molar-refractivity contribution in [2.24, 2.45) is 0 Å². The lowest BCUT2D eigenvalue weighted by Gasteiger charge is -2.42. The first kappa shape index (κ1) is 24.7. The van der Waals surface area contributed by atoms with E-state index in [1.807, 2.05) is 48.5 Å². The molecule has 4 rings (SSSR count). The number of carbonyl (C=O) groups is 2. The number of aliphatic hydroxyl groups is 1.